The molecule has 1 aliphatic heterocycles. The minimum Gasteiger partial charge on any atom is -0.504 e. The number of nitrogens with zero attached hydrogens (tertiary/aromatic N) is 6. The number of nitro groups is 1. The summed E-state index contributed by atoms with van der Waals surface area (Å²) in [5, 5.41) is 28.1. The monoisotopic (exact) mass is 480 g/mol. The Balaban J connectivity index is 1.53. The average Bonchev–Trinajstić information content (AvgIpc) is 2.86. The standard InChI is InChI=1S/C22H24N8O5/c1-2-35-19-8-3-15(13-18(19)31)14-23-28-21-25-20(24-16-4-6-17(7-5-16)30(32)33)26-22(27-21)29-9-11-34-12-10-29/h3-8,13-14,31H,2,9-12H2,1H3,(H2,24,25,26,27,28)/b23-14-. The van der Waals surface area contributed by atoms with Crippen molar-refractivity contribution in [2.24, 2.45) is 5.10 Å². The first-order valence-electron chi connectivity index (χ1n) is 10.9. The van der Waals surface area contributed by atoms with Crippen LogP contribution >= 0.6 is 0 Å². The van der Waals surface area contributed by atoms with Crippen LogP contribution in [0.15, 0.2) is 47.6 Å². The lowest BCUT2D eigenvalue weighted by atomic mass is 10.2. The molecule has 0 aliphatic carbocycles. The summed E-state index contributed by atoms with van der Waals surface area (Å²) >= 11 is 0. The van der Waals surface area contributed by atoms with Gasteiger partial charge in [-0.15, -0.1) is 0 Å². The van der Waals surface area contributed by atoms with Crippen molar-refractivity contribution in [3.8, 4) is 11.5 Å². The fraction of sp³-hybridized carbons (Fsp3) is 0.273. The topological polar surface area (TPSA) is 160 Å². The third-order valence-electron chi connectivity index (χ3n) is 4.91. The van der Waals surface area contributed by atoms with Gasteiger partial charge >= 0.3 is 0 Å². The minimum atomic E-state index is -0.465. The molecule has 1 fully saturated rings. The lowest BCUT2D eigenvalue weighted by Gasteiger charge is -2.27. The number of anilines is 4. The second kappa shape index (κ2) is 11.1. The number of benzene rings is 2. The number of nitro benzene ring substituents is 1. The van der Waals surface area contributed by atoms with Gasteiger partial charge in [0.05, 0.1) is 31.0 Å². The molecule has 0 unspecified atom stereocenters. The van der Waals surface area contributed by atoms with E-state index in [0.29, 0.717) is 55.9 Å². The Labute approximate surface area is 200 Å². The van der Waals surface area contributed by atoms with Gasteiger partial charge in [0.2, 0.25) is 17.8 Å². The normalized spacial score (nSPS) is 13.6. The summed E-state index contributed by atoms with van der Waals surface area (Å²) in [5.74, 6) is 1.28. The Morgan fingerprint density at radius 2 is 1.91 bits per heavy atom. The summed E-state index contributed by atoms with van der Waals surface area (Å²) in [7, 11) is 0. The molecule has 182 valence electrons. The molecule has 35 heavy (non-hydrogen) atoms. The molecule has 1 aromatic heterocycles. The highest BCUT2D eigenvalue weighted by molar-refractivity contribution is 5.81. The van der Waals surface area contributed by atoms with Crippen LogP contribution in [0.1, 0.15) is 12.5 Å². The third kappa shape index (κ3) is 6.29. The predicted molar refractivity (Wildman–Crippen MR) is 130 cm³/mol. The van der Waals surface area contributed by atoms with Crippen LogP contribution in [0.25, 0.3) is 0 Å². The van der Waals surface area contributed by atoms with Crippen LogP contribution in [0, 0.1) is 10.1 Å². The molecular weight excluding hydrogens is 456 g/mol. The maximum atomic E-state index is 10.9. The summed E-state index contributed by atoms with van der Waals surface area (Å²) in [6.45, 7) is 4.63. The molecule has 1 aliphatic rings. The highest BCUT2D eigenvalue weighted by Crippen LogP contribution is 2.26. The first-order chi connectivity index (χ1) is 17.0. The van der Waals surface area contributed by atoms with E-state index in [2.05, 4.69) is 30.8 Å². The molecular formula is C22H24N8O5. The largest absolute Gasteiger partial charge is 0.504 e. The van der Waals surface area contributed by atoms with Gasteiger partial charge in [0.1, 0.15) is 0 Å². The van der Waals surface area contributed by atoms with Crippen molar-refractivity contribution in [2.75, 3.05) is 48.6 Å². The van der Waals surface area contributed by atoms with Crippen LogP contribution in [0.3, 0.4) is 0 Å². The van der Waals surface area contributed by atoms with E-state index in [9.17, 15) is 15.2 Å². The number of nitrogens with one attached hydrogen (secondary N) is 2. The third-order valence-corrected chi connectivity index (χ3v) is 4.91. The molecule has 0 bridgehead atoms. The van der Waals surface area contributed by atoms with Gasteiger partial charge in [-0.25, -0.2) is 5.43 Å². The average molecular weight is 480 g/mol. The maximum Gasteiger partial charge on any atom is 0.269 e. The number of rotatable bonds is 9. The molecule has 1 saturated heterocycles. The SMILES string of the molecule is CCOc1ccc(/C=N\Nc2nc(Nc3ccc([N+](=O)[O-])cc3)nc(N3CCOCC3)n2)cc1O. The Kier molecular flexibility index (Phi) is 7.47. The molecule has 3 N–H and O–H groups in total. The van der Waals surface area contributed by atoms with Gasteiger partial charge < -0.3 is 24.8 Å². The van der Waals surface area contributed by atoms with Crippen molar-refractivity contribution < 1.29 is 19.5 Å². The van der Waals surface area contributed by atoms with E-state index in [1.807, 2.05) is 11.8 Å². The van der Waals surface area contributed by atoms with E-state index in [1.165, 1.54) is 24.4 Å². The molecule has 2 aromatic carbocycles. The van der Waals surface area contributed by atoms with E-state index < -0.39 is 4.92 Å². The number of aromatic nitrogens is 3. The molecule has 13 heteroatoms. The number of phenolic OH excluding ortho intramolecular Hbond substituents is 1. The molecule has 2 heterocycles. The van der Waals surface area contributed by atoms with Crippen molar-refractivity contribution >= 4 is 35.4 Å². The second-order valence-corrected chi connectivity index (χ2v) is 7.34. The molecule has 0 spiro atoms. The Morgan fingerprint density at radius 1 is 1.17 bits per heavy atom. The van der Waals surface area contributed by atoms with Crippen LogP contribution in [0.5, 0.6) is 11.5 Å². The van der Waals surface area contributed by atoms with Crippen LogP contribution in [-0.4, -0.2) is 64.1 Å². The van der Waals surface area contributed by atoms with Gasteiger partial charge in [0.15, 0.2) is 11.5 Å². The zero-order chi connectivity index (χ0) is 24.6. The van der Waals surface area contributed by atoms with Crippen LogP contribution < -0.4 is 20.4 Å². The van der Waals surface area contributed by atoms with Crippen molar-refractivity contribution in [3.63, 3.8) is 0 Å². The van der Waals surface area contributed by atoms with E-state index in [0.717, 1.165) is 0 Å². The first kappa shape index (κ1) is 23.6. The number of aromatic hydroxyl groups is 1. The van der Waals surface area contributed by atoms with Gasteiger partial charge in [-0.3, -0.25) is 10.1 Å². The Morgan fingerprint density at radius 3 is 2.60 bits per heavy atom. The van der Waals surface area contributed by atoms with E-state index >= 15 is 0 Å². The van der Waals surface area contributed by atoms with Crippen molar-refractivity contribution in [2.45, 2.75) is 6.92 Å². The molecule has 13 nitrogen and oxygen atoms in total. The number of ether oxygens (including phenoxy) is 2. The van der Waals surface area contributed by atoms with Gasteiger partial charge in [-0.1, -0.05) is 0 Å². The molecule has 0 amide bonds. The smallest absolute Gasteiger partial charge is 0.269 e. The van der Waals surface area contributed by atoms with Gasteiger partial charge in [-0.05, 0) is 42.8 Å². The van der Waals surface area contributed by atoms with E-state index in [4.69, 9.17) is 9.47 Å². The number of hydrogen-bond acceptors (Lipinski definition) is 12. The zero-order valence-electron chi connectivity index (χ0n) is 18.9. The van der Waals surface area contributed by atoms with Crippen LogP contribution in [-0.2, 0) is 4.74 Å². The summed E-state index contributed by atoms with van der Waals surface area (Å²) < 4.78 is 10.7. The number of non-ortho nitro benzene ring substituents is 1. The Bertz CT molecular complexity index is 1200. The number of phenols is 1. The first-order valence-corrected chi connectivity index (χ1v) is 10.9. The summed E-state index contributed by atoms with van der Waals surface area (Å²) in [5.41, 5.74) is 3.99. The van der Waals surface area contributed by atoms with Gasteiger partial charge in [-0.2, -0.15) is 20.1 Å². The van der Waals surface area contributed by atoms with Gasteiger partial charge in [0, 0.05) is 30.9 Å². The van der Waals surface area contributed by atoms with Crippen molar-refractivity contribution in [3.05, 3.63) is 58.1 Å². The van der Waals surface area contributed by atoms with Crippen molar-refractivity contribution in [1.29, 1.82) is 0 Å². The fourth-order valence-corrected chi connectivity index (χ4v) is 3.23. The zero-order valence-corrected chi connectivity index (χ0v) is 18.9. The number of hydrazone groups is 1. The summed E-state index contributed by atoms with van der Waals surface area (Å²) in [4.78, 5) is 25.7. The lowest BCUT2D eigenvalue weighted by molar-refractivity contribution is -0.384. The fourth-order valence-electron chi connectivity index (χ4n) is 3.23. The van der Waals surface area contributed by atoms with Crippen molar-refractivity contribution in [1.82, 2.24) is 15.0 Å². The van der Waals surface area contributed by atoms with E-state index in [-0.39, 0.29) is 23.3 Å². The molecule has 4 rings (SSSR count). The number of morpholine rings is 1. The van der Waals surface area contributed by atoms with Gasteiger partial charge in [0.25, 0.3) is 5.69 Å². The molecule has 3 aromatic rings. The second-order valence-electron chi connectivity index (χ2n) is 7.34. The maximum absolute atomic E-state index is 10.9. The minimum absolute atomic E-state index is 0.0140. The predicted octanol–water partition coefficient (Wildman–Crippen LogP) is 2.91. The molecule has 0 radical (unpaired) electrons. The number of hydrogen-bond donors (Lipinski definition) is 3. The quantitative estimate of drug-likeness (QED) is 0.235. The van der Waals surface area contributed by atoms with Crippen LogP contribution in [0.4, 0.5) is 29.2 Å². The molecule has 0 atom stereocenters. The summed E-state index contributed by atoms with van der Waals surface area (Å²) in [6.07, 6.45) is 1.51. The highest BCUT2D eigenvalue weighted by atomic mass is 16.6. The summed E-state index contributed by atoms with van der Waals surface area (Å²) in [6, 6.07) is 10.9. The van der Waals surface area contributed by atoms with Crippen LogP contribution in [0.2, 0.25) is 0 Å². The highest BCUT2D eigenvalue weighted by Gasteiger charge is 2.17. The molecule has 0 saturated carbocycles. The Hall–Kier alpha value is -4.52. The lowest BCUT2D eigenvalue weighted by Crippen LogP contribution is -2.37. The van der Waals surface area contributed by atoms with E-state index in [1.54, 1.807) is 24.3 Å².